The summed E-state index contributed by atoms with van der Waals surface area (Å²) in [4.78, 5) is 2.29. The molecule has 2 aromatic carbocycles. The van der Waals surface area contributed by atoms with Crippen molar-refractivity contribution in [2.75, 3.05) is 60.0 Å². The van der Waals surface area contributed by atoms with E-state index in [0.717, 1.165) is 6.54 Å². The van der Waals surface area contributed by atoms with Crippen LogP contribution in [0.25, 0.3) is 0 Å². The number of aliphatic hydroxyl groups excluding tert-OH is 1. The average molecular weight is 645 g/mol. The zero-order valence-corrected chi connectivity index (χ0v) is 26.4. The van der Waals surface area contributed by atoms with Gasteiger partial charge in [-0.1, -0.05) is 23.7 Å². The number of ether oxygens (including phenoxy) is 2. The summed E-state index contributed by atoms with van der Waals surface area (Å²) in [5, 5.41) is 14.2. The van der Waals surface area contributed by atoms with E-state index in [2.05, 4.69) is 10.0 Å². The molecule has 234 valence electrons. The molecule has 42 heavy (non-hydrogen) atoms. The minimum atomic E-state index is -3.66. The Morgan fingerprint density at radius 2 is 1.83 bits per heavy atom. The van der Waals surface area contributed by atoms with Crippen molar-refractivity contribution in [1.29, 1.82) is 0 Å². The Morgan fingerprint density at radius 1 is 1.12 bits per heavy atom. The van der Waals surface area contributed by atoms with E-state index in [1.54, 1.807) is 30.3 Å². The Labute approximate surface area is 254 Å². The van der Waals surface area contributed by atoms with Crippen molar-refractivity contribution in [3.05, 3.63) is 53.6 Å². The van der Waals surface area contributed by atoms with E-state index in [1.807, 2.05) is 19.0 Å². The summed E-state index contributed by atoms with van der Waals surface area (Å²) in [7, 11) is -3.42. The van der Waals surface area contributed by atoms with Gasteiger partial charge in [-0.3, -0.25) is 0 Å². The van der Waals surface area contributed by atoms with Gasteiger partial charge in [0.05, 0.1) is 22.0 Å². The first-order chi connectivity index (χ1) is 19.9. The van der Waals surface area contributed by atoms with E-state index in [9.17, 15) is 21.9 Å². The first-order valence-corrected chi connectivity index (χ1v) is 17.4. The Morgan fingerprint density at radius 3 is 2.55 bits per heavy atom. The lowest BCUT2D eigenvalue weighted by molar-refractivity contribution is -0.0312. The number of nitrogens with one attached hydrogen (secondary N) is 2. The molecule has 0 aromatic heterocycles. The molecule has 2 atom stereocenters. The standard InChI is InChI=1S/C28H41ClN4O7S2/c1-32(2)13-5-12-31-41(35,36)26-8-4-7-25(17-26)39-21-24(34)19-30-23-18-28(40-20-23)10-14-33(15-11-28)42(37,38)27-9-3-6-22(29)16-27/h3-4,6-9,16-17,23-24,30-31,34H,5,10-15,18-21H2,1-2H3. The number of piperidine rings is 1. The quantitative estimate of drug-likeness (QED) is 0.263. The van der Waals surface area contributed by atoms with Crippen molar-refractivity contribution < 1.29 is 31.4 Å². The topological polar surface area (TPSA) is 138 Å². The minimum absolute atomic E-state index is 0.0121. The van der Waals surface area contributed by atoms with E-state index in [1.165, 1.54) is 22.5 Å². The first kappa shape index (κ1) is 33.1. The molecule has 0 saturated carbocycles. The van der Waals surface area contributed by atoms with Crippen LogP contribution >= 0.6 is 11.6 Å². The second-order valence-electron chi connectivity index (χ2n) is 11.2. The van der Waals surface area contributed by atoms with E-state index in [-0.39, 0.29) is 29.0 Å². The van der Waals surface area contributed by atoms with Crippen molar-refractivity contribution in [3.8, 4) is 5.75 Å². The van der Waals surface area contributed by atoms with Gasteiger partial charge in [0.1, 0.15) is 18.5 Å². The fourth-order valence-corrected chi connectivity index (χ4v) is 8.06. The number of nitrogens with zero attached hydrogens (tertiary/aromatic N) is 2. The highest BCUT2D eigenvalue weighted by molar-refractivity contribution is 7.89. The normalized spacial score (nSPS) is 20.3. The Kier molecular flexibility index (Phi) is 11.3. The summed E-state index contributed by atoms with van der Waals surface area (Å²) in [6.07, 6.45) is 1.75. The lowest BCUT2D eigenvalue weighted by atomic mass is 9.88. The van der Waals surface area contributed by atoms with Gasteiger partial charge in [0, 0.05) is 43.3 Å². The van der Waals surface area contributed by atoms with Crippen LogP contribution in [0.5, 0.6) is 5.75 Å². The predicted molar refractivity (Wildman–Crippen MR) is 161 cm³/mol. The largest absolute Gasteiger partial charge is 0.491 e. The smallest absolute Gasteiger partial charge is 0.243 e. The molecule has 2 fully saturated rings. The number of halogens is 1. The molecular formula is C28H41ClN4O7S2. The minimum Gasteiger partial charge on any atom is -0.491 e. The molecule has 2 aliphatic rings. The van der Waals surface area contributed by atoms with Crippen molar-refractivity contribution in [2.45, 2.75) is 53.2 Å². The van der Waals surface area contributed by atoms with Crippen LogP contribution in [0.4, 0.5) is 0 Å². The van der Waals surface area contributed by atoms with Crippen molar-refractivity contribution >= 4 is 31.6 Å². The molecule has 1 spiro atoms. The van der Waals surface area contributed by atoms with Crippen LogP contribution in [0.3, 0.4) is 0 Å². The molecule has 0 aliphatic carbocycles. The van der Waals surface area contributed by atoms with Gasteiger partial charge < -0.3 is 24.8 Å². The molecule has 4 rings (SSSR count). The maximum absolute atomic E-state index is 13.0. The maximum Gasteiger partial charge on any atom is 0.243 e. The second-order valence-corrected chi connectivity index (χ2v) is 15.3. The molecule has 0 bridgehead atoms. The fourth-order valence-electron chi connectivity index (χ4n) is 5.20. The average Bonchev–Trinajstić information content (AvgIpc) is 3.35. The summed E-state index contributed by atoms with van der Waals surface area (Å²) >= 11 is 6.00. The molecule has 11 nitrogen and oxygen atoms in total. The van der Waals surface area contributed by atoms with Crippen LogP contribution < -0.4 is 14.8 Å². The lowest BCUT2D eigenvalue weighted by Gasteiger charge is -2.38. The van der Waals surface area contributed by atoms with Crippen LogP contribution in [0.15, 0.2) is 58.3 Å². The molecular weight excluding hydrogens is 604 g/mol. The van der Waals surface area contributed by atoms with Crippen molar-refractivity contribution in [1.82, 2.24) is 19.2 Å². The highest BCUT2D eigenvalue weighted by Gasteiger charge is 2.44. The summed E-state index contributed by atoms with van der Waals surface area (Å²) < 4.78 is 67.2. The molecule has 2 unspecified atom stereocenters. The summed E-state index contributed by atoms with van der Waals surface area (Å²) in [6.45, 7) is 2.56. The van der Waals surface area contributed by atoms with Gasteiger partial charge in [-0.15, -0.1) is 0 Å². The van der Waals surface area contributed by atoms with Gasteiger partial charge in [0.2, 0.25) is 20.0 Å². The van der Waals surface area contributed by atoms with Crippen molar-refractivity contribution in [3.63, 3.8) is 0 Å². The fraction of sp³-hybridized carbons (Fsp3) is 0.571. The first-order valence-electron chi connectivity index (χ1n) is 14.1. The summed E-state index contributed by atoms with van der Waals surface area (Å²) in [5.74, 6) is 0.354. The number of hydrogen-bond acceptors (Lipinski definition) is 9. The molecule has 14 heteroatoms. The zero-order valence-electron chi connectivity index (χ0n) is 24.0. The summed E-state index contributed by atoms with van der Waals surface area (Å²) in [5.41, 5.74) is -0.397. The predicted octanol–water partition coefficient (Wildman–Crippen LogP) is 1.91. The second kappa shape index (κ2) is 14.3. The molecule has 2 aliphatic heterocycles. The number of aliphatic hydroxyl groups is 1. The van der Waals surface area contributed by atoms with Crippen LogP contribution in [-0.2, 0) is 24.8 Å². The Hall–Kier alpha value is -1.81. The molecule has 0 radical (unpaired) electrons. The Balaban J connectivity index is 1.19. The van der Waals surface area contributed by atoms with E-state index < -0.39 is 31.8 Å². The third kappa shape index (κ3) is 8.87. The van der Waals surface area contributed by atoms with Crippen LogP contribution in [0.2, 0.25) is 5.02 Å². The monoisotopic (exact) mass is 644 g/mol. The SMILES string of the molecule is CN(C)CCCNS(=O)(=O)c1cccc(OCC(O)CNC2COC3(CCN(S(=O)(=O)c4cccc(Cl)c4)CC3)C2)c1. The molecule has 3 N–H and O–H groups in total. The van der Waals surface area contributed by atoms with Gasteiger partial charge in [-0.05, 0) is 76.7 Å². The molecule has 2 heterocycles. The van der Waals surface area contributed by atoms with Crippen LogP contribution in [0, 0.1) is 0 Å². The van der Waals surface area contributed by atoms with E-state index >= 15 is 0 Å². The highest BCUT2D eigenvalue weighted by atomic mass is 35.5. The van der Waals surface area contributed by atoms with Gasteiger partial charge in [-0.2, -0.15) is 4.31 Å². The van der Waals surface area contributed by atoms with Crippen LogP contribution in [0.1, 0.15) is 25.7 Å². The number of hydrogen-bond donors (Lipinski definition) is 3. The van der Waals surface area contributed by atoms with Crippen molar-refractivity contribution in [2.24, 2.45) is 0 Å². The number of benzene rings is 2. The number of rotatable bonds is 14. The third-order valence-corrected chi connectivity index (χ3v) is 11.1. The van der Waals surface area contributed by atoms with E-state index in [4.69, 9.17) is 21.1 Å². The van der Waals surface area contributed by atoms with E-state index in [0.29, 0.717) is 62.7 Å². The number of sulfonamides is 2. The van der Waals surface area contributed by atoms with Gasteiger partial charge in [-0.25, -0.2) is 21.6 Å². The summed E-state index contributed by atoms with van der Waals surface area (Å²) in [6, 6.07) is 12.5. The van der Waals surface area contributed by atoms with Gasteiger partial charge >= 0.3 is 0 Å². The third-order valence-electron chi connectivity index (χ3n) is 7.55. The van der Waals surface area contributed by atoms with Gasteiger partial charge in [0.15, 0.2) is 0 Å². The maximum atomic E-state index is 13.0. The van der Waals surface area contributed by atoms with Gasteiger partial charge in [0.25, 0.3) is 0 Å². The molecule has 2 aromatic rings. The molecule has 0 amide bonds. The Bertz CT molecular complexity index is 1400. The van der Waals surface area contributed by atoms with Crippen LogP contribution in [-0.4, -0.2) is 109 Å². The molecule has 2 saturated heterocycles. The zero-order chi connectivity index (χ0) is 30.4. The lowest BCUT2D eigenvalue weighted by Crippen LogP contribution is -2.47. The highest BCUT2D eigenvalue weighted by Crippen LogP contribution is 2.37.